The number of aromatic amines is 1. The highest BCUT2D eigenvalue weighted by atomic mass is 16.4. The van der Waals surface area contributed by atoms with Crippen molar-refractivity contribution < 1.29 is 19.8 Å². The predicted molar refractivity (Wildman–Crippen MR) is 70.5 cm³/mol. The van der Waals surface area contributed by atoms with Crippen molar-refractivity contribution in [1.29, 1.82) is 0 Å². The third kappa shape index (κ3) is 2.83. The lowest BCUT2D eigenvalue weighted by molar-refractivity contribution is -0.146. The molecule has 0 fully saturated rings. The Morgan fingerprint density at radius 2 is 2.00 bits per heavy atom. The minimum absolute atomic E-state index is 0.00582. The summed E-state index contributed by atoms with van der Waals surface area (Å²) in [5.41, 5.74) is 0.193. The number of nitrogens with one attached hydrogen (secondary N) is 2. The molecule has 104 valence electrons. The molecule has 0 bridgehead atoms. The summed E-state index contributed by atoms with van der Waals surface area (Å²) in [7, 11) is 0. The molecule has 0 aliphatic carbocycles. The summed E-state index contributed by atoms with van der Waals surface area (Å²) < 4.78 is 0. The second kappa shape index (κ2) is 5.54. The van der Waals surface area contributed by atoms with E-state index < -0.39 is 24.5 Å². The molecule has 1 aromatic carbocycles. The number of pyridine rings is 1. The average molecular weight is 276 g/mol. The lowest BCUT2D eigenvalue weighted by Crippen LogP contribution is -2.37. The van der Waals surface area contributed by atoms with Crippen molar-refractivity contribution in [3.05, 3.63) is 46.2 Å². The molecule has 0 aliphatic rings. The second-order valence-electron chi connectivity index (χ2n) is 4.16. The molecule has 2 rings (SSSR count). The van der Waals surface area contributed by atoms with Crippen LogP contribution in [0.5, 0.6) is 0 Å². The van der Waals surface area contributed by atoms with E-state index in [0.717, 1.165) is 6.07 Å². The van der Waals surface area contributed by atoms with E-state index in [9.17, 15) is 14.4 Å². The molecule has 4 N–H and O–H groups in total. The van der Waals surface area contributed by atoms with Crippen LogP contribution in [0.1, 0.15) is 10.5 Å². The lowest BCUT2D eigenvalue weighted by Gasteiger charge is -2.08. The number of aliphatic carboxylic acids is 1. The fraction of sp³-hybridized carbons (Fsp3) is 0.154. The standard InChI is InChI=1S/C13H12N2O5/c16-10-5-9(12(18)14-6-11(17)13(19)20)15-8-4-2-1-3-7(8)10/h1-5,11,17H,6H2,(H,14,18)(H,15,16)(H,19,20). The van der Waals surface area contributed by atoms with E-state index in [-0.39, 0.29) is 11.1 Å². The molecule has 7 heteroatoms. The minimum atomic E-state index is -1.69. The summed E-state index contributed by atoms with van der Waals surface area (Å²) in [5.74, 6) is -2.09. The molecule has 0 aliphatic heterocycles. The second-order valence-corrected chi connectivity index (χ2v) is 4.16. The SMILES string of the molecule is O=C(NCC(O)C(=O)O)c1cc(=O)c2ccccc2[nH]1. The first kappa shape index (κ1) is 13.8. The molecular formula is C13H12N2O5. The topological polar surface area (TPSA) is 119 Å². The summed E-state index contributed by atoms with van der Waals surface area (Å²) >= 11 is 0. The summed E-state index contributed by atoms with van der Waals surface area (Å²) in [5, 5.41) is 20.2. The Hall–Kier alpha value is -2.67. The number of carbonyl (C=O) groups is 2. The molecule has 0 saturated carbocycles. The van der Waals surface area contributed by atoms with Gasteiger partial charge >= 0.3 is 5.97 Å². The number of hydrogen-bond acceptors (Lipinski definition) is 4. The first-order valence-electron chi connectivity index (χ1n) is 5.80. The monoisotopic (exact) mass is 276 g/mol. The normalized spacial score (nSPS) is 12.1. The van der Waals surface area contributed by atoms with Gasteiger partial charge in [0.2, 0.25) is 0 Å². The smallest absolute Gasteiger partial charge is 0.334 e. The highest BCUT2D eigenvalue weighted by Gasteiger charge is 2.15. The van der Waals surface area contributed by atoms with Gasteiger partial charge in [-0.1, -0.05) is 12.1 Å². The van der Waals surface area contributed by atoms with Crippen molar-refractivity contribution in [3.63, 3.8) is 0 Å². The van der Waals surface area contributed by atoms with Gasteiger partial charge in [0, 0.05) is 17.0 Å². The van der Waals surface area contributed by atoms with Gasteiger partial charge < -0.3 is 20.5 Å². The number of aliphatic hydroxyl groups excluding tert-OH is 1. The van der Waals surface area contributed by atoms with Crippen LogP contribution in [0.4, 0.5) is 0 Å². The molecule has 0 saturated heterocycles. The van der Waals surface area contributed by atoms with Crippen LogP contribution in [0, 0.1) is 0 Å². The van der Waals surface area contributed by atoms with E-state index >= 15 is 0 Å². The number of rotatable bonds is 4. The minimum Gasteiger partial charge on any atom is -0.479 e. The summed E-state index contributed by atoms with van der Waals surface area (Å²) in [6.07, 6.45) is -1.69. The maximum Gasteiger partial charge on any atom is 0.334 e. The number of aromatic nitrogens is 1. The van der Waals surface area contributed by atoms with Crippen molar-refractivity contribution in [2.75, 3.05) is 6.54 Å². The predicted octanol–water partition coefficient (Wildman–Crippen LogP) is -0.297. The van der Waals surface area contributed by atoms with Crippen LogP contribution in [0.2, 0.25) is 0 Å². The number of para-hydroxylation sites is 1. The number of carboxylic acids is 1. The van der Waals surface area contributed by atoms with Gasteiger partial charge in [0.15, 0.2) is 11.5 Å². The quantitative estimate of drug-likeness (QED) is 0.611. The van der Waals surface area contributed by atoms with E-state index in [0.29, 0.717) is 10.9 Å². The molecule has 0 radical (unpaired) electrons. The first-order valence-corrected chi connectivity index (χ1v) is 5.80. The number of amides is 1. The summed E-state index contributed by atoms with van der Waals surface area (Å²) in [6.45, 7) is -0.441. The maximum atomic E-state index is 11.8. The van der Waals surface area contributed by atoms with Crippen LogP contribution in [0.25, 0.3) is 10.9 Å². The Labute approximate surface area is 112 Å². The van der Waals surface area contributed by atoms with Gasteiger partial charge in [-0.3, -0.25) is 9.59 Å². The van der Waals surface area contributed by atoms with Crippen molar-refractivity contribution in [2.45, 2.75) is 6.10 Å². The van der Waals surface area contributed by atoms with Gasteiger partial charge in [0.05, 0.1) is 6.54 Å². The van der Waals surface area contributed by atoms with Crippen LogP contribution in [-0.4, -0.2) is 39.7 Å². The molecule has 1 heterocycles. The van der Waals surface area contributed by atoms with Gasteiger partial charge in [0.1, 0.15) is 5.69 Å². The van der Waals surface area contributed by atoms with Gasteiger partial charge in [0.25, 0.3) is 5.91 Å². The van der Waals surface area contributed by atoms with Crippen LogP contribution < -0.4 is 10.7 Å². The molecule has 1 amide bonds. The third-order valence-electron chi connectivity index (χ3n) is 2.72. The van der Waals surface area contributed by atoms with Crippen LogP contribution >= 0.6 is 0 Å². The zero-order valence-electron chi connectivity index (χ0n) is 10.3. The van der Waals surface area contributed by atoms with E-state index in [1.54, 1.807) is 24.3 Å². The van der Waals surface area contributed by atoms with Crippen molar-refractivity contribution in [2.24, 2.45) is 0 Å². The summed E-state index contributed by atoms with van der Waals surface area (Å²) in [4.78, 5) is 36.8. The van der Waals surface area contributed by atoms with Crippen LogP contribution in [-0.2, 0) is 4.79 Å². The summed E-state index contributed by atoms with van der Waals surface area (Å²) in [6, 6.07) is 7.84. The van der Waals surface area contributed by atoms with E-state index in [1.165, 1.54) is 0 Å². The maximum absolute atomic E-state index is 11.8. The largest absolute Gasteiger partial charge is 0.479 e. The molecule has 7 nitrogen and oxygen atoms in total. The van der Waals surface area contributed by atoms with Crippen LogP contribution in [0.15, 0.2) is 35.1 Å². The molecule has 0 spiro atoms. The Morgan fingerprint density at radius 3 is 2.70 bits per heavy atom. The Balaban J connectivity index is 2.23. The first-order chi connectivity index (χ1) is 9.49. The molecule has 1 aromatic heterocycles. The number of benzene rings is 1. The van der Waals surface area contributed by atoms with E-state index in [4.69, 9.17) is 10.2 Å². The molecule has 1 unspecified atom stereocenters. The van der Waals surface area contributed by atoms with Gasteiger partial charge in [-0.2, -0.15) is 0 Å². The van der Waals surface area contributed by atoms with Gasteiger partial charge in [-0.05, 0) is 12.1 Å². The number of fused-ring (bicyclic) bond motifs is 1. The molecular weight excluding hydrogens is 264 g/mol. The Bertz CT molecular complexity index is 722. The number of carbonyl (C=O) groups excluding carboxylic acids is 1. The molecule has 20 heavy (non-hydrogen) atoms. The highest BCUT2D eigenvalue weighted by Crippen LogP contribution is 2.07. The van der Waals surface area contributed by atoms with E-state index in [2.05, 4.69) is 10.3 Å². The van der Waals surface area contributed by atoms with E-state index in [1.807, 2.05) is 0 Å². The molecule has 1 atom stereocenters. The third-order valence-corrected chi connectivity index (χ3v) is 2.72. The zero-order valence-corrected chi connectivity index (χ0v) is 10.3. The number of aliphatic hydroxyl groups is 1. The van der Waals surface area contributed by atoms with Crippen molar-refractivity contribution >= 4 is 22.8 Å². The molecule has 2 aromatic rings. The number of H-pyrrole nitrogens is 1. The van der Waals surface area contributed by atoms with Gasteiger partial charge in [-0.15, -0.1) is 0 Å². The number of hydrogen-bond donors (Lipinski definition) is 4. The van der Waals surface area contributed by atoms with Crippen LogP contribution in [0.3, 0.4) is 0 Å². The van der Waals surface area contributed by atoms with Crippen molar-refractivity contribution in [1.82, 2.24) is 10.3 Å². The van der Waals surface area contributed by atoms with Crippen molar-refractivity contribution in [3.8, 4) is 0 Å². The fourth-order valence-electron chi connectivity index (χ4n) is 1.69. The highest BCUT2D eigenvalue weighted by molar-refractivity contribution is 5.95. The fourth-order valence-corrected chi connectivity index (χ4v) is 1.69. The Morgan fingerprint density at radius 1 is 1.30 bits per heavy atom. The lowest BCUT2D eigenvalue weighted by atomic mass is 10.2. The number of carboxylic acid groups (broad SMARTS) is 1. The Kier molecular flexibility index (Phi) is 3.81. The van der Waals surface area contributed by atoms with Gasteiger partial charge in [-0.25, -0.2) is 4.79 Å². The zero-order chi connectivity index (χ0) is 14.7. The average Bonchev–Trinajstić information content (AvgIpc) is 2.44.